The van der Waals surface area contributed by atoms with Crippen molar-refractivity contribution in [2.24, 2.45) is 5.41 Å². The third-order valence-corrected chi connectivity index (χ3v) is 5.54. The van der Waals surface area contributed by atoms with Gasteiger partial charge in [0, 0.05) is 0 Å². The van der Waals surface area contributed by atoms with Gasteiger partial charge in [0.25, 0.3) is 0 Å². The number of benzene rings is 1. The van der Waals surface area contributed by atoms with E-state index >= 15 is 0 Å². The van der Waals surface area contributed by atoms with Crippen LogP contribution in [0.5, 0.6) is 0 Å². The molecule has 1 radical (unpaired) electrons. The summed E-state index contributed by atoms with van der Waals surface area (Å²) in [4.78, 5) is 0. The van der Waals surface area contributed by atoms with Gasteiger partial charge < -0.3 is 4.74 Å². The third-order valence-electron chi connectivity index (χ3n) is 5.54. The van der Waals surface area contributed by atoms with Crippen LogP contribution in [0.3, 0.4) is 0 Å². The Morgan fingerprint density at radius 2 is 1.44 bits per heavy atom. The van der Waals surface area contributed by atoms with E-state index in [0.29, 0.717) is 12.5 Å². The molecule has 2 nitrogen and oxygen atoms in total. The summed E-state index contributed by atoms with van der Waals surface area (Å²) in [5, 5.41) is 12.0. The molecule has 2 atom stereocenters. The summed E-state index contributed by atoms with van der Waals surface area (Å²) in [6.07, 6.45) is 11.6. The topological polar surface area (TPSA) is 29.1 Å². The van der Waals surface area contributed by atoms with Crippen LogP contribution in [0, 0.1) is 5.41 Å². The van der Waals surface area contributed by atoms with E-state index in [9.17, 15) is 5.11 Å². The highest BCUT2D eigenvalue weighted by atomic mass is 16.5. The lowest BCUT2D eigenvalue weighted by molar-refractivity contribution is -0.0649. The smallest absolute Gasteiger partial charge is 0.121 e. The monoisotopic (exact) mass is 375 g/mol. The second-order valence-corrected chi connectivity index (χ2v) is 9.28. The Bertz CT molecular complexity index is 472. The first-order valence-electron chi connectivity index (χ1n) is 11.2. The lowest BCUT2D eigenvalue weighted by Crippen LogP contribution is -2.29. The summed E-state index contributed by atoms with van der Waals surface area (Å²) >= 11 is 0. The molecular formula is C25H43O2. The molecule has 155 valence electrons. The number of ether oxygens (including phenoxy) is 1. The van der Waals surface area contributed by atoms with Gasteiger partial charge in [0.05, 0.1) is 13.2 Å². The predicted octanol–water partition coefficient (Wildman–Crippen LogP) is 7.68. The molecule has 1 rings (SSSR count). The van der Waals surface area contributed by atoms with Crippen molar-refractivity contribution in [1.82, 2.24) is 0 Å². The van der Waals surface area contributed by atoms with Crippen molar-refractivity contribution in [1.29, 1.82) is 0 Å². The van der Waals surface area contributed by atoms with E-state index in [1.54, 1.807) is 0 Å². The van der Waals surface area contributed by atoms with E-state index in [1.807, 2.05) is 20.8 Å². The van der Waals surface area contributed by atoms with Crippen molar-refractivity contribution >= 4 is 0 Å². The largest absolute Gasteiger partial charge is 0.374 e. The molecule has 0 aromatic heterocycles. The zero-order valence-electron chi connectivity index (χ0n) is 18.6. The highest BCUT2D eigenvalue weighted by molar-refractivity contribution is 5.24. The van der Waals surface area contributed by atoms with Crippen LogP contribution >= 0.6 is 0 Å². The molecule has 0 amide bonds. The predicted molar refractivity (Wildman–Crippen MR) is 116 cm³/mol. The molecule has 0 N–H and O–H groups in total. The molecule has 0 saturated heterocycles. The Balaban J connectivity index is 2.20. The Hall–Kier alpha value is -0.860. The molecule has 1 aromatic carbocycles. The van der Waals surface area contributed by atoms with Gasteiger partial charge in [-0.2, -0.15) is 0 Å². The minimum atomic E-state index is -0.677. The van der Waals surface area contributed by atoms with Crippen molar-refractivity contribution in [2.45, 2.75) is 111 Å². The van der Waals surface area contributed by atoms with Crippen LogP contribution in [0.2, 0.25) is 0 Å². The molecule has 0 aliphatic heterocycles. The SMILES string of the molecule is CCCCCCCCCCC(C)c1ccc(COCC([O])C(C)(C)C)cc1. The maximum absolute atomic E-state index is 12.0. The minimum Gasteiger partial charge on any atom is -0.374 e. The van der Waals surface area contributed by atoms with Crippen LogP contribution in [-0.2, 0) is 16.5 Å². The molecule has 0 spiro atoms. The zero-order chi connectivity index (χ0) is 20.1. The first kappa shape index (κ1) is 24.2. The van der Waals surface area contributed by atoms with Gasteiger partial charge in [-0.25, -0.2) is 5.11 Å². The van der Waals surface area contributed by atoms with Gasteiger partial charge in [-0.1, -0.05) is 110 Å². The van der Waals surface area contributed by atoms with Crippen molar-refractivity contribution < 1.29 is 9.84 Å². The van der Waals surface area contributed by atoms with Crippen molar-refractivity contribution in [3.63, 3.8) is 0 Å². The summed E-state index contributed by atoms with van der Waals surface area (Å²) in [5.41, 5.74) is 2.33. The van der Waals surface area contributed by atoms with E-state index in [-0.39, 0.29) is 12.0 Å². The zero-order valence-corrected chi connectivity index (χ0v) is 18.6. The minimum absolute atomic E-state index is 0.241. The summed E-state index contributed by atoms with van der Waals surface area (Å²) in [7, 11) is 0. The number of hydrogen-bond donors (Lipinski definition) is 0. The van der Waals surface area contributed by atoms with Crippen molar-refractivity contribution in [3.8, 4) is 0 Å². The molecule has 27 heavy (non-hydrogen) atoms. The van der Waals surface area contributed by atoms with Gasteiger partial charge in [0.15, 0.2) is 0 Å². The Kier molecular flexibility index (Phi) is 11.9. The van der Waals surface area contributed by atoms with Crippen LogP contribution in [0.4, 0.5) is 0 Å². The first-order valence-corrected chi connectivity index (χ1v) is 11.2. The Morgan fingerprint density at radius 3 is 2.00 bits per heavy atom. The van der Waals surface area contributed by atoms with Crippen LogP contribution in [0.15, 0.2) is 24.3 Å². The number of hydrogen-bond acceptors (Lipinski definition) is 1. The maximum Gasteiger partial charge on any atom is 0.121 e. The molecule has 1 aromatic rings. The van der Waals surface area contributed by atoms with Gasteiger partial charge in [0.2, 0.25) is 0 Å². The fraction of sp³-hybridized carbons (Fsp3) is 0.760. The van der Waals surface area contributed by atoms with Gasteiger partial charge in [0.1, 0.15) is 6.10 Å². The number of rotatable bonds is 14. The van der Waals surface area contributed by atoms with Crippen molar-refractivity contribution in [2.75, 3.05) is 6.61 Å². The van der Waals surface area contributed by atoms with Gasteiger partial charge in [-0.05, 0) is 28.9 Å². The van der Waals surface area contributed by atoms with E-state index < -0.39 is 6.10 Å². The summed E-state index contributed by atoms with van der Waals surface area (Å²) < 4.78 is 5.62. The maximum atomic E-state index is 12.0. The molecule has 0 aliphatic rings. The van der Waals surface area contributed by atoms with E-state index in [2.05, 4.69) is 38.1 Å². The standard InChI is InChI=1S/C25H43O2/c1-6-7-8-9-10-11-12-13-14-21(2)23-17-15-22(16-18-23)19-27-20-24(26)25(3,4)5/h15-18,21,24H,6-14,19-20H2,1-5H3. The molecule has 2 unspecified atom stereocenters. The van der Waals surface area contributed by atoms with Crippen molar-refractivity contribution in [3.05, 3.63) is 35.4 Å². The van der Waals surface area contributed by atoms with Gasteiger partial charge in [-0.3, -0.25) is 0 Å². The second-order valence-electron chi connectivity index (χ2n) is 9.28. The lowest BCUT2D eigenvalue weighted by atomic mass is 9.90. The normalized spacial score (nSPS) is 14.3. The molecule has 0 bridgehead atoms. The summed E-state index contributed by atoms with van der Waals surface area (Å²) in [6.45, 7) is 11.3. The van der Waals surface area contributed by atoms with Crippen LogP contribution < -0.4 is 0 Å². The molecule has 2 heteroatoms. The van der Waals surface area contributed by atoms with Gasteiger partial charge in [-0.15, -0.1) is 0 Å². The molecule has 0 heterocycles. The van der Waals surface area contributed by atoms with Crippen LogP contribution in [0.25, 0.3) is 0 Å². The molecule has 0 aliphatic carbocycles. The highest BCUT2D eigenvalue weighted by Crippen LogP contribution is 2.23. The van der Waals surface area contributed by atoms with E-state index in [1.165, 1.54) is 63.4 Å². The second kappa shape index (κ2) is 13.3. The molecular weight excluding hydrogens is 332 g/mol. The first-order chi connectivity index (χ1) is 12.8. The average molecular weight is 376 g/mol. The average Bonchev–Trinajstić information content (AvgIpc) is 2.63. The Labute approximate surface area is 168 Å². The van der Waals surface area contributed by atoms with Gasteiger partial charge >= 0.3 is 0 Å². The number of unbranched alkanes of at least 4 members (excludes halogenated alkanes) is 7. The van der Waals surface area contributed by atoms with Crippen LogP contribution in [-0.4, -0.2) is 12.7 Å². The quantitative estimate of drug-likeness (QED) is 0.306. The van der Waals surface area contributed by atoms with E-state index in [4.69, 9.17) is 4.74 Å². The van der Waals surface area contributed by atoms with Crippen LogP contribution in [0.1, 0.15) is 109 Å². The molecule has 0 saturated carbocycles. The highest BCUT2D eigenvalue weighted by Gasteiger charge is 2.23. The van der Waals surface area contributed by atoms with E-state index in [0.717, 1.165) is 5.56 Å². The lowest BCUT2D eigenvalue weighted by Gasteiger charge is -2.23. The fourth-order valence-electron chi connectivity index (χ4n) is 3.23. The Morgan fingerprint density at radius 1 is 0.889 bits per heavy atom. The summed E-state index contributed by atoms with van der Waals surface area (Å²) in [5.74, 6) is 0.618. The fourth-order valence-corrected chi connectivity index (χ4v) is 3.23. The third kappa shape index (κ3) is 10.9. The molecule has 0 fully saturated rings. The summed E-state index contributed by atoms with van der Waals surface area (Å²) in [6, 6.07) is 8.76.